The lowest BCUT2D eigenvalue weighted by molar-refractivity contribution is -0.123. The number of nitrogens with two attached hydrogens (primary N) is 1. The van der Waals surface area contributed by atoms with Crippen LogP contribution in [0.1, 0.15) is 44.4 Å². The Morgan fingerprint density at radius 2 is 1.83 bits per heavy atom. The van der Waals surface area contributed by atoms with Crippen molar-refractivity contribution in [3.05, 3.63) is 35.4 Å². The summed E-state index contributed by atoms with van der Waals surface area (Å²) in [6.07, 6.45) is 1.04. The second-order valence-electron chi connectivity index (χ2n) is 5.07. The molecule has 1 amide bonds. The van der Waals surface area contributed by atoms with Crippen LogP contribution in [0.4, 0.5) is 0 Å². The number of benzene rings is 1. The highest BCUT2D eigenvalue weighted by molar-refractivity contribution is 5.83. The molecule has 3 atom stereocenters. The Morgan fingerprint density at radius 1 is 1.28 bits per heavy atom. The Labute approximate surface area is 110 Å². The van der Waals surface area contributed by atoms with E-state index in [0.29, 0.717) is 5.92 Å². The predicted octanol–water partition coefficient (Wildman–Crippen LogP) is 2.55. The number of amides is 1. The number of carbonyl (C=O) groups is 1. The first-order chi connectivity index (χ1) is 8.45. The molecule has 0 aliphatic heterocycles. The van der Waals surface area contributed by atoms with Gasteiger partial charge < -0.3 is 11.1 Å². The summed E-state index contributed by atoms with van der Waals surface area (Å²) < 4.78 is 0. The standard InChI is InChI=1S/C15H24N2O/c1-5-11(3)12(4)17-15(18)14(16)13-8-6-10(2)7-9-13/h6-9,11-12,14H,5,16H2,1-4H3,(H,17,18). The molecule has 3 heteroatoms. The van der Waals surface area contributed by atoms with Crippen LogP contribution in [-0.2, 0) is 4.79 Å². The van der Waals surface area contributed by atoms with Crippen molar-refractivity contribution in [2.45, 2.75) is 46.2 Å². The lowest BCUT2D eigenvalue weighted by Gasteiger charge is -2.22. The summed E-state index contributed by atoms with van der Waals surface area (Å²) in [5, 5.41) is 2.98. The monoisotopic (exact) mass is 248 g/mol. The van der Waals surface area contributed by atoms with Gasteiger partial charge in [0.1, 0.15) is 6.04 Å². The normalized spacial score (nSPS) is 15.8. The minimum absolute atomic E-state index is 0.105. The van der Waals surface area contributed by atoms with Crippen LogP contribution in [-0.4, -0.2) is 11.9 Å². The summed E-state index contributed by atoms with van der Waals surface area (Å²) >= 11 is 0. The Hall–Kier alpha value is -1.35. The fourth-order valence-electron chi connectivity index (χ4n) is 1.74. The molecule has 3 unspecified atom stereocenters. The van der Waals surface area contributed by atoms with Gasteiger partial charge in [-0.05, 0) is 25.3 Å². The smallest absolute Gasteiger partial charge is 0.241 e. The second-order valence-corrected chi connectivity index (χ2v) is 5.07. The maximum atomic E-state index is 12.0. The highest BCUT2D eigenvalue weighted by Crippen LogP contribution is 2.13. The van der Waals surface area contributed by atoms with Gasteiger partial charge in [0.25, 0.3) is 0 Å². The average Bonchev–Trinajstić information content (AvgIpc) is 2.37. The quantitative estimate of drug-likeness (QED) is 0.841. The van der Waals surface area contributed by atoms with Gasteiger partial charge in [0, 0.05) is 6.04 Å². The van der Waals surface area contributed by atoms with Crippen molar-refractivity contribution in [1.29, 1.82) is 0 Å². The topological polar surface area (TPSA) is 55.1 Å². The van der Waals surface area contributed by atoms with E-state index in [4.69, 9.17) is 5.73 Å². The number of hydrogen-bond acceptors (Lipinski definition) is 2. The largest absolute Gasteiger partial charge is 0.352 e. The Kier molecular flexibility index (Phi) is 5.35. The third kappa shape index (κ3) is 3.84. The number of aryl methyl sites for hydroxylation is 1. The molecule has 0 aliphatic rings. The van der Waals surface area contributed by atoms with Crippen LogP contribution in [0.5, 0.6) is 0 Å². The van der Waals surface area contributed by atoms with Crippen LogP contribution in [0.15, 0.2) is 24.3 Å². The number of nitrogens with one attached hydrogen (secondary N) is 1. The number of hydrogen-bond donors (Lipinski definition) is 2. The maximum Gasteiger partial charge on any atom is 0.241 e. The Bertz CT molecular complexity index is 386. The third-order valence-corrected chi connectivity index (χ3v) is 3.59. The summed E-state index contributed by atoms with van der Waals surface area (Å²) in [7, 11) is 0. The van der Waals surface area contributed by atoms with Gasteiger partial charge in [0.05, 0.1) is 0 Å². The van der Waals surface area contributed by atoms with Gasteiger partial charge in [-0.3, -0.25) is 4.79 Å². The molecule has 0 saturated carbocycles. The summed E-state index contributed by atoms with van der Waals surface area (Å²) in [4.78, 5) is 12.0. The van der Waals surface area contributed by atoms with Crippen molar-refractivity contribution in [2.24, 2.45) is 11.7 Å². The minimum atomic E-state index is -0.586. The van der Waals surface area contributed by atoms with Gasteiger partial charge in [-0.25, -0.2) is 0 Å². The van der Waals surface area contributed by atoms with E-state index in [0.717, 1.165) is 12.0 Å². The SMILES string of the molecule is CCC(C)C(C)NC(=O)C(N)c1ccc(C)cc1. The van der Waals surface area contributed by atoms with E-state index >= 15 is 0 Å². The van der Waals surface area contributed by atoms with Gasteiger partial charge >= 0.3 is 0 Å². The van der Waals surface area contributed by atoms with Crippen LogP contribution < -0.4 is 11.1 Å². The highest BCUT2D eigenvalue weighted by atomic mass is 16.2. The molecule has 1 rings (SSSR count). The summed E-state index contributed by atoms with van der Waals surface area (Å²) in [6.45, 7) is 8.28. The first-order valence-electron chi connectivity index (χ1n) is 6.58. The minimum Gasteiger partial charge on any atom is -0.352 e. The Balaban J connectivity index is 2.64. The molecule has 0 heterocycles. The van der Waals surface area contributed by atoms with Crippen LogP contribution in [0, 0.1) is 12.8 Å². The fourth-order valence-corrected chi connectivity index (χ4v) is 1.74. The fraction of sp³-hybridized carbons (Fsp3) is 0.533. The zero-order valence-corrected chi connectivity index (χ0v) is 11.7. The summed E-state index contributed by atoms with van der Waals surface area (Å²) in [6, 6.07) is 7.33. The summed E-state index contributed by atoms with van der Waals surface area (Å²) in [5.74, 6) is 0.353. The van der Waals surface area contributed by atoms with Crippen molar-refractivity contribution >= 4 is 5.91 Å². The van der Waals surface area contributed by atoms with Crippen molar-refractivity contribution in [3.8, 4) is 0 Å². The zero-order chi connectivity index (χ0) is 13.7. The summed E-state index contributed by atoms with van der Waals surface area (Å²) in [5.41, 5.74) is 7.99. The van der Waals surface area contributed by atoms with Gasteiger partial charge in [-0.1, -0.05) is 50.1 Å². The first-order valence-corrected chi connectivity index (χ1v) is 6.58. The second kappa shape index (κ2) is 6.55. The van der Waals surface area contributed by atoms with Crippen LogP contribution >= 0.6 is 0 Å². The molecule has 1 aromatic rings. The first kappa shape index (κ1) is 14.7. The lowest BCUT2D eigenvalue weighted by Crippen LogP contribution is -2.42. The van der Waals surface area contributed by atoms with E-state index in [2.05, 4.69) is 19.2 Å². The van der Waals surface area contributed by atoms with Crippen LogP contribution in [0.3, 0.4) is 0 Å². The molecule has 3 nitrogen and oxygen atoms in total. The van der Waals surface area contributed by atoms with Gasteiger partial charge in [-0.2, -0.15) is 0 Å². The highest BCUT2D eigenvalue weighted by Gasteiger charge is 2.19. The molecule has 0 aromatic heterocycles. The Morgan fingerprint density at radius 3 is 2.33 bits per heavy atom. The van der Waals surface area contributed by atoms with Crippen molar-refractivity contribution < 1.29 is 4.79 Å². The molecule has 100 valence electrons. The van der Waals surface area contributed by atoms with Gasteiger partial charge in [0.15, 0.2) is 0 Å². The lowest BCUT2D eigenvalue weighted by atomic mass is 9.99. The number of carbonyl (C=O) groups excluding carboxylic acids is 1. The zero-order valence-electron chi connectivity index (χ0n) is 11.7. The molecule has 1 aromatic carbocycles. The van der Waals surface area contributed by atoms with Crippen molar-refractivity contribution in [2.75, 3.05) is 0 Å². The predicted molar refractivity (Wildman–Crippen MR) is 75.2 cm³/mol. The van der Waals surface area contributed by atoms with E-state index in [9.17, 15) is 4.79 Å². The molecule has 0 saturated heterocycles. The van der Waals surface area contributed by atoms with E-state index in [1.54, 1.807) is 0 Å². The molecule has 0 aliphatic carbocycles. The molecule has 0 bridgehead atoms. The van der Waals surface area contributed by atoms with Crippen LogP contribution in [0.2, 0.25) is 0 Å². The third-order valence-electron chi connectivity index (χ3n) is 3.59. The molecule has 0 radical (unpaired) electrons. The molecular formula is C15H24N2O. The van der Waals surface area contributed by atoms with E-state index in [-0.39, 0.29) is 11.9 Å². The molecule has 18 heavy (non-hydrogen) atoms. The van der Waals surface area contributed by atoms with Crippen LogP contribution in [0.25, 0.3) is 0 Å². The maximum absolute atomic E-state index is 12.0. The van der Waals surface area contributed by atoms with E-state index in [1.165, 1.54) is 5.56 Å². The van der Waals surface area contributed by atoms with E-state index in [1.807, 2.05) is 38.1 Å². The average molecular weight is 248 g/mol. The molecule has 3 N–H and O–H groups in total. The van der Waals surface area contributed by atoms with E-state index < -0.39 is 6.04 Å². The molecule has 0 fully saturated rings. The van der Waals surface area contributed by atoms with Crippen molar-refractivity contribution in [3.63, 3.8) is 0 Å². The van der Waals surface area contributed by atoms with Gasteiger partial charge in [0.2, 0.25) is 5.91 Å². The number of rotatable bonds is 5. The van der Waals surface area contributed by atoms with Gasteiger partial charge in [-0.15, -0.1) is 0 Å². The molecular weight excluding hydrogens is 224 g/mol. The van der Waals surface area contributed by atoms with Crippen molar-refractivity contribution in [1.82, 2.24) is 5.32 Å². The molecule has 0 spiro atoms.